The number of nitrogens with one attached hydrogen (secondary N) is 2. The molecular formula is C12H18N2O2. The fourth-order valence-corrected chi connectivity index (χ4v) is 1.73. The molecule has 0 aliphatic rings. The minimum Gasteiger partial charge on any atom is -0.480 e. The molecule has 1 rings (SSSR count). The van der Waals surface area contributed by atoms with Crippen molar-refractivity contribution >= 4 is 5.97 Å². The summed E-state index contributed by atoms with van der Waals surface area (Å²) < 4.78 is 0. The van der Waals surface area contributed by atoms with Crippen LogP contribution in [0, 0.1) is 6.92 Å². The van der Waals surface area contributed by atoms with E-state index in [1.165, 1.54) is 0 Å². The Morgan fingerprint density at radius 1 is 1.19 bits per heavy atom. The third-order valence-corrected chi connectivity index (χ3v) is 2.66. The number of hydrogen-bond acceptors (Lipinski definition) is 3. The Morgan fingerprint density at radius 2 is 1.75 bits per heavy atom. The molecule has 4 heteroatoms. The zero-order valence-corrected chi connectivity index (χ0v) is 9.82. The summed E-state index contributed by atoms with van der Waals surface area (Å²) in [5, 5.41) is 14.9. The summed E-state index contributed by atoms with van der Waals surface area (Å²) in [6.45, 7) is 2.00. The van der Waals surface area contributed by atoms with Crippen molar-refractivity contribution in [1.29, 1.82) is 0 Å². The van der Waals surface area contributed by atoms with Gasteiger partial charge in [0.05, 0.1) is 6.04 Å². The van der Waals surface area contributed by atoms with Crippen LogP contribution >= 0.6 is 0 Å². The monoisotopic (exact) mass is 222 g/mol. The van der Waals surface area contributed by atoms with Crippen LogP contribution in [0.1, 0.15) is 17.2 Å². The van der Waals surface area contributed by atoms with Crippen LogP contribution in [0.4, 0.5) is 0 Å². The van der Waals surface area contributed by atoms with Crippen LogP contribution in [0.5, 0.6) is 0 Å². The first-order valence-electron chi connectivity index (χ1n) is 5.24. The zero-order valence-electron chi connectivity index (χ0n) is 9.82. The van der Waals surface area contributed by atoms with Crippen LogP contribution in [0.2, 0.25) is 0 Å². The number of carbonyl (C=O) groups is 1. The zero-order chi connectivity index (χ0) is 12.1. The number of rotatable bonds is 5. The average Bonchev–Trinajstić information content (AvgIpc) is 2.26. The molecule has 0 saturated heterocycles. The van der Waals surface area contributed by atoms with Crippen molar-refractivity contribution in [3.63, 3.8) is 0 Å². The van der Waals surface area contributed by atoms with Gasteiger partial charge in [0.1, 0.15) is 6.04 Å². The summed E-state index contributed by atoms with van der Waals surface area (Å²) in [7, 11) is 3.41. The van der Waals surface area contributed by atoms with Crippen molar-refractivity contribution in [1.82, 2.24) is 10.6 Å². The van der Waals surface area contributed by atoms with Gasteiger partial charge >= 0.3 is 5.97 Å². The minimum absolute atomic E-state index is 0.233. The van der Waals surface area contributed by atoms with Gasteiger partial charge in [0.25, 0.3) is 0 Å². The van der Waals surface area contributed by atoms with E-state index in [9.17, 15) is 4.79 Å². The maximum atomic E-state index is 11.1. The summed E-state index contributed by atoms with van der Waals surface area (Å²) in [5.74, 6) is -0.859. The van der Waals surface area contributed by atoms with Crippen molar-refractivity contribution in [2.24, 2.45) is 0 Å². The maximum Gasteiger partial charge on any atom is 0.322 e. The van der Waals surface area contributed by atoms with Crippen LogP contribution in [0.3, 0.4) is 0 Å². The molecule has 0 heterocycles. The van der Waals surface area contributed by atoms with E-state index in [-0.39, 0.29) is 6.04 Å². The second-order valence-electron chi connectivity index (χ2n) is 3.78. The van der Waals surface area contributed by atoms with Gasteiger partial charge in [-0.25, -0.2) is 0 Å². The Kier molecular flexibility index (Phi) is 4.46. The van der Waals surface area contributed by atoms with Crippen molar-refractivity contribution in [2.75, 3.05) is 14.1 Å². The SMILES string of the molecule is CNC(C(=O)O)C(NC)c1ccc(C)cc1. The van der Waals surface area contributed by atoms with Crippen molar-refractivity contribution in [3.8, 4) is 0 Å². The first-order valence-corrected chi connectivity index (χ1v) is 5.24. The number of carboxylic acid groups (broad SMARTS) is 1. The summed E-state index contributed by atoms with van der Waals surface area (Å²) >= 11 is 0. The van der Waals surface area contributed by atoms with Gasteiger partial charge in [0, 0.05) is 0 Å². The van der Waals surface area contributed by atoms with Gasteiger partial charge in [-0.3, -0.25) is 4.79 Å². The molecule has 0 fully saturated rings. The molecule has 0 aliphatic carbocycles. The van der Waals surface area contributed by atoms with E-state index in [4.69, 9.17) is 5.11 Å². The predicted octanol–water partition coefficient (Wildman–Crippen LogP) is 0.928. The number of carboxylic acids is 1. The molecule has 0 radical (unpaired) electrons. The Morgan fingerprint density at radius 3 is 2.12 bits per heavy atom. The molecule has 1 aromatic rings. The molecule has 2 unspecified atom stereocenters. The molecule has 88 valence electrons. The molecule has 1 aromatic carbocycles. The molecule has 0 bridgehead atoms. The van der Waals surface area contributed by atoms with Gasteiger partial charge in [0.2, 0.25) is 0 Å². The number of hydrogen-bond donors (Lipinski definition) is 3. The topological polar surface area (TPSA) is 61.4 Å². The summed E-state index contributed by atoms with van der Waals surface area (Å²) in [6.07, 6.45) is 0. The summed E-state index contributed by atoms with van der Waals surface area (Å²) in [5.41, 5.74) is 2.13. The largest absolute Gasteiger partial charge is 0.480 e. The van der Waals surface area contributed by atoms with E-state index in [0.29, 0.717) is 0 Å². The van der Waals surface area contributed by atoms with E-state index in [2.05, 4.69) is 10.6 Å². The highest BCUT2D eigenvalue weighted by Crippen LogP contribution is 2.17. The fourth-order valence-electron chi connectivity index (χ4n) is 1.73. The molecule has 0 aromatic heterocycles. The highest BCUT2D eigenvalue weighted by molar-refractivity contribution is 5.74. The molecule has 16 heavy (non-hydrogen) atoms. The number of likely N-dealkylation sites (N-methyl/N-ethyl adjacent to an activating group) is 2. The number of aryl methyl sites for hydroxylation is 1. The van der Waals surface area contributed by atoms with Crippen molar-refractivity contribution in [2.45, 2.75) is 19.0 Å². The maximum absolute atomic E-state index is 11.1. The molecule has 0 aliphatic heterocycles. The van der Waals surface area contributed by atoms with E-state index in [0.717, 1.165) is 11.1 Å². The average molecular weight is 222 g/mol. The van der Waals surface area contributed by atoms with E-state index in [1.54, 1.807) is 14.1 Å². The molecule has 0 saturated carbocycles. The van der Waals surface area contributed by atoms with E-state index in [1.807, 2.05) is 31.2 Å². The van der Waals surface area contributed by atoms with Gasteiger partial charge in [-0.05, 0) is 26.6 Å². The second-order valence-corrected chi connectivity index (χ2v) is 3.78. The molecule has 3 N–H and O–H groups in total. The molecule has 2 atom stereocenters. The van der Waals surface area contributed by atoms with Gasteiger partial charge in [-0.2, -0.15) is 0 Å². The summed E-state index contributed by atoms with van der Waals surface area (Å²) in [4.78, 5) is 11.1. The van der Waals surface area contributed by atoms with Crippen molar-refractivity contribution in [3.05, 3.63) is 35.4 Å². The first-order chi connectivity index (χ1) is 7.60. The summed E-state index contributed by atoms with van der Waals surface area (Å²) in [6, 6.07) is 6.99. The lowest BCUT2D eigenvalue weighted by molar-refractivity contribution is -0.140. The van der Waals surface area contributed by atoms with Crippen LogP contribution < -0.4 is 10.6 Å². The van der Waals surface area contributed by atoms with Gasteiger partial charge in [-0.1, -0.05) is 29.8 Å². The lowest BCUT2D eigenvalue weighted by Crippen LogP contribution is -2.44. The van der Waals surface area contributed by atoms with Crippen molar-refractivity contribution < 1.29 is 9.90 Å². The van der Waals surface area contributed by atoms with Crippen LogP contribution in [-0.4, -0.2) is 31.2 Å². The third kappa shape index (κ3) is 2.81. The quantitative estimate of drug-likeness (QED) is 0.693. The van der Waals surface area contributed by atoms with Gasteiger partial charge in [-0.15, -0.1) is 0 Å². The predicted molar refractivity (Wildman–Crippen MR) is 63.5 cm³/mol. The first kappa shape index (κ1) is 12.7. The van der Waals surface area contributed by atoms with E-state index >= 15 is 0 Å². The molecular weight excluding hydrogens is 204 g/mol. The molecule has 0 spiro atoms. The fraction of sp³-hybridized carbons (Fsp3) is 0.417. The van der Waals surface area contributed by atoms with Crippen LogP contribution in [0.25, 0.3) is 0 Å². The smallest absolute Gasteiger partial charge is 0.322 e. The number of benzene rings is 1. The highest BCUT2D eigenvalue weighted by atomic mass is 16.4. The Labute approximate surface area is 95.7 Å². The Hall–Kier alpha value is -1.39. The van der Waals surface area contributed by atoms with Crippen LogP contribution in [0.15, 0.2) is 24.3 Å². The number of aliphatic carboxylic acids is 1. The third-order valence-electron chi connectivity index (χ3n) is 2.66. The minimum atomic E-state index is -0.859. The standard InChI is InChI=1S/C12H18N2O2/c1-8-4-6-9(7-5-8)10(13-2)11(14-3)12(15)16/h4-7,10-11,13-14H,1-3H3,(H,15,16). The Balaban J connectivity index is 2.96. The van der Waals surface area contributed by atoms with E-state index < -0.39 is 12.0 Å². The normalized spacial score (nSPS) is 14.4. The Bertz CT molecular complexity index is 349. The van der Waals surface area contributed by atoms with Gasteiger partial charge < -0.3 is 15.7 Å². The highest BCUT2D eigenvalue weighted by Gasteiger charge is 2.26. The van der Waals surface area contributed by atoms with Gasteiger partial charge in [0.15, 0.2) is 0 Å². The lowest BCUT2D eigenvalue weighted by atomic mass is 9.98. The molecule has 0 amide bonds. The second kappa shape index (κ2) is 5.63. The van der Waals surface area contributed by atoms with Crippen LogP contribution in [-0.2, 0) is 4.79 Å². The molecule has 4 nitrogen and oxygen atoms in total. The lowest BCUT2D eigenvalue weighted by Gasteiger charge is -2.23.